The first kappa shape index (κ1) is 20.6. The largest absolute Gasteiger partial charge is 0.507 e. The van der Waals surface area contributed by atoms with Gasteiger partial charge in [0.2, 0.25) is 0 Å². The molecule has 0 fully saturated rings. The Labute approximate surface area is 169 Å². The van der Waals surface area contributed by atoms with Gasteiger partial charge in [0, 0.05) is 12.0 Å². The molecule has 1 aliphatic rings. The minimum absolute atomic E-state index is 0.0404. The number of amides is 1. The summed E-state index contributed by atoms with van der Waals surface area (Å²) in [6.45, 7) is 1.38. The average Bonchev–Trinajstić information content (AvgIpc) is 3.04. The third-order valence-corrected chi connectivity index (χ3v) is 5.91. The SMILES string of the molecule is Cc1ccc(C(=O)OCC(=O)N(Cc2ccccc2)[C@@H]2C=CS(=O)(=O)C2)c(O)c1. The molecule has 1 heterocycles. The van der Waals surface area contributed by atoms with Crippen LogP contribution >= 0.6 is 0 Å². The Morgan fingerprint density at radius 1 is 1.17 bits per heavy atom. The molecule has 0 bridgehead atoms. The Morgan fingerprint density at radius 3 is 2.52 bits per heavy atom. The fourth-order valence-electron chi connectivity index (χ4n) is 3.03. The van der Waals surface area contributed by atoms with E-state index >= 15 is 0 Å². The molecule has 1 amide bonds. The summed E-state index contributed by atoms with van der Waals surface area (Å²) in [5, 5.41) is 11.0. The van der Waals surface area contributed by atoms with Gasteiger partial charge in [0.05, 0.1) is 11.8 Å². The van der Waals surface area contributed by atoms with Crippen LogP contribution in [0.2, 0.25) is 0 Å². The monoisotopic (exact) mass is 415 g/mol. The maximum Gasteiger partial charge on any atom is 0.342 e. The summed E-state index contributed by atoms with van der Waals surface area (Å²) >= 11 is 0. The number of carbonyl (C=O) groups excluding carboxylic acids is 2. The molecule has 0 aromatic heterocycles. The summed E-state index contributed by atoms with van der Waals surface area (Å²) < 4.78 is 28.7. The number of ether oxygens (including phenoxy) is 1. The van der Waals surface area contributed by atoms with Crippen LogP contribution in [0.15, 0.2) is 60.0 Å². The van der Waals surface area contributed by atoms with Crippen molar-refractivity contribution in [2.75, 3.05) is 12.4 Å². The van der Waals surface area contributed by atoms with Gasteiger partial charge >= 0.3 is 5.97 Å². The number of benzene rings is 2. The van der Waals surface area contributed by atoms with E-state index in [2.05, 4.69) is 0 Å². The zero-order valence-corrected chi connectivity index (χ0v) is 16.6. The lowest BCUT2D eigenvalue weighted by Gasteiger charge is -2.27. The van der Waals surface area contributed by atoms with Crippen molar-refractivity contribution in [1.29, 1.82) is 0 Å². The van der Waals surface area contributed by atoms with Gasteiger partial charge in [-0.1, -0.05) is 36.4 Å². The number of nitrogens with zero attached hydrogens (tertiary/aromatic N) is 1. The van der Waals surface area contributed by atoms with Crippen LogP contribution < -0.4 is 0 Å². The number of esters is 1. The standard InChI is InChI=1S/C21H21NO6S/c1-15-7-8-18(19(23)11-15)21(25)28-13-20(24)22(12-16-5-3-2-4-6-16)17-9-10-29(26,27)14-17/h2-11,17,23H,12-14H2,1H3/t17-/m1/s1. The van der Waals surface area contributed by atoms with E-state index < -0.39 is 34.4 Å². The molecule has 152 valence electrons. The molecule has 1 atom stereocenters. The maximum absolute atomic E-state index is 12.8. The van der Waals surface area contributed by atoms with Crippen molar-refractivity contribution in [2.24, 2.45) is 0 Å². The van der Waals surface area contributed by atoms with Gasteiger partial charge in [0.25, 0.3) is 5.91 Å². The lowest BCUT2D eigenvalue weighted by Crippen LogP contribution is -2.42. The van der Waals surface area contributed by atoms with E-state index in [0.29, 0.717) is 0 Å². The Hall–Kier alpha value is -3.13. The van der Waals surface area contributed by atoms with Gasteiger partial charge in [-0.15, -0.1) is 0 Å². The van der Waals surface area contributed by atoms with Crippen molar-refractivity contribution in [2.45, 2.75) is 19.5 Å². The molecule has 1 aliphatic heterocycles. The lowest BCUT2D eigenvalue weighted by molar-refractivity contribution is -0.136. The lowest BCUT2D eigenvalue weighted by atomic mass is 10.1. The van der Waals surface area contributed by atoms with Gasteiger partial charge in [-0.05, 0) is 36.3 Å². The topological polar surface area (TPSA) is 101 Å². The van der Waals surface area contributed by atoms with Crippen LogP contribution in [0.4, 0.5) is 0 Å². The van der Waals surface area contributed by atoms with Crippen molar-refractivity contribution >= 4 is 21.7 Å². The molecule has 2 aromatic rings. The normalized spacial score (nSPS) is 17.1. The van der Waals surface area contributed by atoms with Crippen LogP contribution in [0.5, 0.6) is 5.75 Å². The quantitative estimate of drug-likeness (QED) is 0.726. The van der Waals surface area contributed by atoms with Gasteiger partial charge in [0.15, 0.2) is 16.4 Å². The van der Waals surface area contributed by atoms with E-state index in [1.165, 1.54) is 23.1 Å². The van der Waals surface area contributed by atoms with E-state index in [1.807, 2.05) is 30.3 Å². The number of phenols is 1. The van der Waals surface area contributed by atoms with Crippen LogP contribution in [0, 0.1) is 6.92 Å². The number of hydrogen-bond donors (Lipinski definition) is 1. The fraction of sp³-hybridized carbons (Fsp3) is 0.238. The third kappa shape index (κ3) is 5.23. The second kappa shape index (κ2) is 8.48. The number of carbonyl (C=O) groups is 2. The summed E-state index contributed by atoms with van der Waals surface area (Å²) in [7, 11) is -3.37. The van der Waals surface area contributed by atoms with E-state index in [0.717, 1.165) is 16.5 Å². The third-order valence-electron chi connectivity index (χ3n) is 4.53. The molecule has 0 spiro atoms. The highest BCUT2D eigenvalue weighted by Gasteiger charge is 2.31. The van der Waals surface area contributed by atoms with E-state index in [-0.39, 0.29) is 23.6 Å². The molecule has 0 unspecified atom stereocenters. The van der Waals surface area contributed by atoms with Crippen molar-refractivity contribution in [3.63, 3.8) is 0 Å². The van der Waals surface area contributed by atoms with Crippen LogP contribution in [-0.2, 0) is 25.9 Å². The van der Waals surface area contributed by atoms with Crippen LogP contribution in [-0.4, -0.2) is 48.7 Å². The predicted octanol–water partition coefficient (Wildman–Crippen LogP) is 2.20. The molecular formula is C21H21NO6S. The highest BCUT2D eigenvalue weighted by Crippen LogP contribution is 2.21. The summed E-state index contributed by atoms with van der Waals surface area (Å²) in [5.41, 5.74) is 1.56. The minimum Gasteiger partial charge on any atom is -0.507 e. The summed E-state index contributed by atoms with van der Waals surface area (Å²) in [4.78, 5) is 26.4. The van der Waals surface area contributed by atoms with Gasteiger partial charge in [-0.25, -0.2) is 13.2 Å². The molecule has 0 saturated carbocycles. The van der Waals surface area contributed by atoms with Crippen LogP contribution in [0.25, 0.3) is 0 Å². The molecule has 1 N–H and O–H groups in total. The summed E-state index contributed by atoms with van der Waals surface area (Å²) in [5.74, 6) is -1.79. The molecule has 0 saturated heterocycles. The molecule has 0 aliphatic carbocycles. The number of sulfone groups is 1. The van der Waals surface area contributed by atoms with Crippen molar-refractivity contribution in [3.05, 3.63) is 76.7 Å². The minimum atomic E-state index is -3.37. The predicted molar refractivity (Wildman–Crippen MR) is 107 cm³/mol. The zero-order chi connectivity index (χ0) is 21.0. The molecule has 8 heteroatoms. The van der Waals surface area contributed by atoms with E-state index in [9.17, 15) is 23.1 Å². The van der Waals surface area contributed by atoms with Gasteiger partial charge in [-0.2, -0.15) is 0 Å². The Balaban J connectivity index is 1.72. The Morgan fingerprint density at radius 2 is 1.90 bits per heavy atom. The Kier molecular flexibility index (Phi) is 6.03. The van der Waals surface area contributed by atoms with Crippen LogP contribution in [0.3, 0.4) is 0 Å². The number of phenolic OH excluding ortho intramolecular Hbond substituents is 1. The molecule has 7 nitrogen and oxygen atoms in total. The second-order valence-electron chi connectivity index (χ2n) is 6.83. The van der Waals surface area contributed by atoms with Gasteiger partial charge < -0.3 is 14.7 Å². The van der Waals surface area contributed by atoms with Crippen LogP contribution in [0.1, 0.15) is 21.5 Å². The second-order valence-corrected chi connectivity index (χ2v) is 8.76. The maximum atomic E-state index is 12.8. The average molecular weight is 415 g/mol. The van der Waals surface area contributed by atoms with E-state index in [1.54, 1.807) is 13.0 Å². The smallest absolute Gasteiger partial charge is 0.342 e. The number of aryl methyl sites for hydroxylation is 1. The molecule has 0 radical (unpaired) electrons. The Bertz CT molecular complexity index is 1050. The highest BCUT2D eigenvalue weighted by atomic mass is 32.2. The number of rotatable bonds is 6. The van der Waals surface area contributed by atoms with Crippen molar-refractivity contribution in [3.8, 4) is 5.75 Å². The first-order valence-electron chi connectivity index (χ1n) is 8.96. The molecule has 29 heavy (non-hydrogen) atoms. The van der Waals surface area contributed by atoms with Gasteiger partial charge in [-0.3, -0.25) is 4.79 Å². The first-order chi connectivity index (χ1) is 13.7. The zero-order valence-electron chi connectivity index (χ0n) is 15.8. The molecule has 2 aromatic carbocycles. The van der Waals surface area contributed by atoms with Gasteiger partial charge in [0.1, 0.15) is 11.3 Å². The molecular weight excluding hydrogens is 394 g/mol. The highest BCUT2D eigenvalue weighted by molar-refractivity contribution is 7.94. The van der Waals surface area contributed by atoms with E-state index in [4.69, 9.17) is 4.74 Å². The number of hydrogen-bond acceptors (Lipinski definition) is 6. The van der Waals surface area contributed by atoms with Crippen molar-refractivity contribution < 1.29 is 27.9 Å². The first-order valence-corrected chi connectivity index (χ1v) is 10.7. The van der Waals surface area contributed by atoms with Crippen molar-refractivity contribution in [1.82, 2.24) is 4.90 Å². The number of aromatic hydroxyl groups is 1. The summed E-state index contributed by atoms with van der Waals surface area (Å²) in [6.07, 6.45) is 1.46. The fourth-order valence-corrected chi connectivity index (χ4v) is 4.33. The summed E-state index contributed by atoms with van der Waals surface area (Å²) in [6, 6.07) is 13.0. The molecule has 3 rings (SSSR count).